The Hall–Kier alpha value is -3.41. The van der Waals surface area contributed by atoms with Crippen LogP contribution in [0.2, 0.25) is 0 Å². The molecule has 1 aliphatic heterocycles. The first-order valence-electron chi connectivity index (χ1n) is 10.4. The van der Waals surface area contributed by atoms with E-state index in [1.54, 1.807) is 48.8 Å². The molecule has 1 aromatic heterocycles. The van der Waals surface area contributed by atoms with Gasteiger partial charge < -0.3 is 34.1 Å². The lowest BCUT2D eigenvalue weighted by Gasteiger charge is -2.36. The predicted octanol–water partition coefficient (Wildman–Crippen LogP) is 4.39. The third-order valence-electron chi connectivity index (χ3n) is 4.86. The molecular weight excluding hydrogens is 512 g/mol. The molecule has 0 saturated carbocycles. The lowest BCUT2D eigenvalue weighted by Crippen LogP contribution is -2.50. The zero-order valence-corrected chi connectivity index (χ0v) is 20.8. The minimum Gasteiger partial charge on any atom is -0.465 e. The molecule has 3 rings (SSSR count). The van der Waals surface area contributed by atoms with Crippen molar-refractivity contribution in [2.75, 3.05) is 38.2 Å². The van der Waals surface area contributed by atoms with Crippen molar-refractivity contribution in [1.29, 1.82) is 0 Å². The Morgan fingerprint density at radius 2 is 1.85 bits per heavy atom. The van der Waals surface area contributed by atoms with E-state index >= 15 is 0 Å². The standard InChI is InChI=1S/C22H25BrN4O7/c1-22(2,3)34-21(29)26-10-8-25(9-11-26)16-12-14(13-24-19(16)27(30)31)33-17-7-5-6-15(23)18(17)20(28)32-4/h5-7,12-13H,8-11H2,1-4H3. The molecule has 1 aromatic carbocycles. The van der Waals surface area contributed by atoms with Gasteiger partial charge >= 0.3 is 17.9 Å². The Labute approximate surface area is 204 Å². The molecule has 1 saturated heterocycles. The minimum atomic E-state index is -0.613. The van der Waals surface area contributed by atoms with Gasteiger partial charge in [0.2, 0.25) is 0 Å². The third kappa shape index (κ3) is 5.93. The molecule has 34 heavy (non-hydrogen) atoms. The molecule has 0 unspecified atom stereocenters. The molecular formula is C22H25BrN4O7. The number of amides is 1. The monoisotopic (exact) mass is 536 g/mol. The summed E-state index contributed by atoms with van der Waals surface area (Å²) in [6.07, 6.45) is 0.794. The molecule has 0 spiro atoms. The Kier molecular flexibility index (Phi) is 7.60. The number of hydrogen-bond acceptors (Lipinski definition) is 9. The fourth-order valence-electron chi connectivity index (χ4n) is 3.33. The van der Waals surface area contributed by atoms with E-state index in [0.717, 1.165) is 0 Å². The van der Waals surface area contributed by atoms with Gasteiger partial charge in [0.1, 0.15) is 22.6 Å². The molecule has 0 aliphatic carbocycles. The normalized spacial score (nSPS) is 13.9. The zero-order valence-electron chi connectivity index (χ0n) is 19.2. The van der Waals surface area contributed by atoms with Crippen LogP contribution in [0.15, 0.2) is 34.9 Å². The maximum Gasteiger partial charge on any atom is 0.410 e. The van der Waals surface area contributed by atoms with Gasteiger partial charge in [0.15, 0.2) is 11.9 Å². The summed E-state index contributed by atoms with van der Waals surface area (Å²) in [5.41, 5.74) is -0.185. The summed E-state index contributed by atoms with van der Waals surface area (Å²) >= 11 is 3.31. The number of piperazine rings is 1. The van der Waals surface area contributed by atoms with Gasteiger partial charge in [-0.25, -0.2) is 9.59 Å². The van der Waals surface area contributed by atoms with Crippen molar-refractivity contribution in [2.45, 2.75) is 26.4 Å². The molecule has 12 heteroatoms. The van der Waals surface area contributed by atoms with Crippen LogP contribution in [0.25, 0.3) is 0 Å². The number of halogens is 1. The zero-order chi connectivity index (χ0) is 25.0. The van der Waals surface area contributed by atoms with Gasteiger partial charge in [-0.2, -0.15) is 0 Å². The molecule has 182 valence electrons. The van der Waals surface area contributed by atoms with Crippen molar-refractivity contribution in [3.05, 3.63) is 50.6 Å². The highest BCUT2D eigenvalue weighted by Crippen LogP contribution is 2.35. The Morgan fingerprint density at radius 1 is 1.18 bits per heavy atom. The quantitative estimate of drug-likeness (QED) is 0.310. The average molecular weight is 537 g/mol. The highest BCUT2D eigenvalue weighted by Gasteiger charge is 2.30. The molecule has 0 bridgehead atoms. The second kappa shape index (κ2) is 10.2. The molecule has 11 nitrogen and oxygen atoms in total. The number of benzene rings is 1. The third-order valence-corrected chi connectivity index (χ3v) is 5.52. The van der Waals surface area contributed by atoms with E-state index in [2.05, 4.69) is 20.9 Å². The fraction of sp³-hybridized carbons (Fsp3) is 0.409. The van der Waals surface area contributed by atoms with E-state index < -0.39 is 22.6 Å². The van der Waals surface area contributed by atoms with E-state index in [0.29, 0.717) is 30.7 Å². The van der Waals surface area contributed by atoms with Gasteiger partial charge in [-0.3, -0.25) is 0 Å². The van der Waals surface area contributed by atoms with Gasteiger partial charge in [-0.05, 0) is 58.7 Å². The maximum absolute atomic E-state index is 12.3. The van der Waals surface area contributed by atoms with Crippen LogP contribution in [0.3, 0.4) is 0 Å². The van der Waals surface area contributed by atoms with Crippen molar-refractivity contribution in [2.24, 2.45) is 0 Å². The van der Waals surface area contributed by atoms with Crippen LogP contribution in [0.1, 0.15) is 31.1 Å². The van der Waals surface area contributed by atoms with Crippen molar-refractivity contribution in [3.63, 3.8) is 0 Å². The van der Waals surface area contributed by atoms with E-state index in [-0.39, 0.29) is 28.6 Å². The van der Waals surface area contributed by atoms with Gasteiger partial charge in [-0.1, -0.05) is 6.07 Å². The minimum absolute atomic E-state index is 0.177. The van der Waals surface area contributed by atoms with Crippen molar-refractivity contribution >= 4 is 39.5 Å². The number of nitro groups is 1. The van der Waals surface area contributed by atoms with E-state index in [9.17, 15) is 19.7 Å². The summed E-state index contributed by atoms with van der Waals surface area (Å²) in [7, 11) is 1.26. The summed E-state index contributed by atoms with van der Waals surface area (Å²) < 4.78 is 16.6. The molecule has 1 aliphatic rings. The molecule has 0 atom stereocenters. The number of ether oxygens (including phenoxy) is 3. The van der Waals surface area contributed by atoms with E-state index in [4.69, 9.17) is 14.2 Å². The second-order valence-corrected chi connectivity index (χ2v) is 9.29. The van der Waals surface area contributed by atoms with Crippen molar-refractivity contribution in [3.8, 4) is 11.5 Å². The topological polar surface area (TPSA) is 124 Å². The van der Waals surface area contributed by atoms with E-state index in [1.165, 1.54) is 19.4 Å². The number of carbonyl (C=O) groups excluding carboxylic acids is 2. The van der Waals surface area contributed by atoms with Crippen LogP contribution in [-0.4, -0.2) is 65.8 Å². The number of esters is 1. The van der Waals surface area contributed by atoms with Crippen LogP contribution in [-0.2, 0) is 9.47 Å². The smallest absolute Gasteiger partial charge is 0.410 e. The van der Waals surface area contributed by atoms with Gasteiger partial charge in [0.05, 0.1) is 7.11 Å². The van der Waals surface area contributed by atoms with Crippen LogP contribution in [0.4, 0.5) is 16.3 Å². The number of methoxy groups -OCH3 is 1. The summed E-state index contributed by atoms with van der Waals surface area (Å²) in [5.74, 6) is -0.521. The largest absolute Gasteiger partial charge is 0.465 e. The van der Waals surface area contributed by atoms with Crippen LogP contribution >= 0.6 is 15.9 Å². The molecule has 1 amide bonds. The van der Waals surface area contributed by atoms with Crippen molar-refractivity contribution in [1.82, 2.24) is 9.88 Å². The van der Waals surface area contributed by atoms with E-state index in [1.807, 2.05) is 0 Å². The first-order chi connectivity index (χ1) is 16.0. The molecule has 0 radical (unpaired) electrons. The summed E-state index contributed by atoms with van der Waals surface area (Å²) in [6, 6.07) is 6.43. The first kappa shape index (κ1) is 25.2. The molecule has 0 N–H and O–H groups in total. The van der Waals surface area contributed by atoms with Gasteiger partial charge in [0, 0.05) is 36.7 Å². The Balaban J connectivity index is 1.84. The number of hydrogen-bond donors (Lipinski definition) is 0. The maximum atomic E-state index is 12.3. The number of carbonyl (C=O) groups is 2. The summed E-state index contributed by atoms with van der Waals surface area (Å²) in [6.45, 7) is 6.71. The predicted molar refractivity (Wildman–Crippen MR) is 126 cm³/mol. The van der Waals surface area contributed by atoms with Gasteiger partial charge in [-0.15, -0.1) is 0 Å². The van der Waals surface area contributed by atoms with Gasteiger partial charge in [0.25, 0.3) is 0 Å². The molecule has 2 aromatic rings. The van der Waals surface area contributed by atoms with Crippen molar-refractivity contribution < 1.29 is 28.7 Å². The lowest BCUT2D eigenvalue weighted by molar-refractivity contribution is -0.388. The van der Waals surface area contributed by atoms with Crippen LogP contribution in [0.5, 0.6) is 11.5 Å². The lowest BCUT2D eigenvalue weighted by atomic mass is 10.2. The molecule has 2 heterocycles. The molecule has 1 fully saturated rings. The number of aromatic nitrogens is 1. The summed E-state index contributed by atoms with van der Waals surface area (Å²) in [4.78, 5) is 42.9. The highest BCUT2D eigenvalue weighted by molar-refractivity contribution is 9.10. The first-order valence-corrected chi connectivity index (χ1v) is 11.2. The van der Waals surface area contributed by atoms with Crippen LogP contribution in [0, 0.1) is 10.1 Å². The number of anilines is 1. The number of rotatable bonds is 5. The average Bonchev–Trinajstić information content (AvgIpc) is 2.77. The number of pyridine rings is 1. The second-order valence-electron chi connectivity index (χ2n) is 8.43. The van der Waals surface area contributed by atoms with Crippen LogP contribution < -0.4 is 9.64 Å². The Bertz CT molecular complexity index is 1100. The fourth-order valence-corrected chi connectivity index (χ4v) is 3.84. The summed E-state index contributed by atoms with van der Waals surface area (Å²) in [5, 5.41) is 11.6. The number of nitrogens with zero attached hydrogens (tertiary/aromatic N) is 4. The Morgan fingerprint density at radius 3 is 2.44 bits per heavy atom. The SMILES string of the molecule is COC(=O)c1c(Br)cccc1Oc1cnc([N+](=O)[O-])c(N2CCN(C(=O)OC(C)(C)C)CC2)c1. The highest BCUT2D eigenvalue weighted by atomic mass is 79.9.